The third-order valence-corrected chi connectivity index (χ3v) is 8.05. The van der Waals surface area contributed by atoms with E-state index in [9.17, 15) is 0 Å². The minimum absolute atomic E-state index is 0.580. The SMILES string of the molecule is c1ccc(-c2cc(-c3ccc(-c4cccc(-c5nc(-c6ccccc6)nc(-c6cccnc6)n5)c4)cc3)nc(-c3ccccc3)n2)cc1. The fraction of sp³-hybridized carbons (Fsp3) is 0. The molecule has 0 fully saturated rings. The minimum atomic E-state index is 0.580. The van der Waals surface area contributed by atoms with Crippen molar-refractivity contribution in [3.05, 3.63) is 170 Å². The maximum absolute atomic E-state index is 4.98. The number of rotatable bonds is 7. The molecule has 6 nitrogen and oxygen atoms in total. The van der Waals surface area contributed by atoms with Gasteiger partial charge in [0.05, 0.1) is 11.4 Å². The number of hydrogen-bond donors (Lipinski definition) is 0. The van der Waals surface area contributed by atoms with E-state index in [2.05, 4.69) is 59.6 Å². The molecule has 8 aromatic rings. The summed E-state index contributed by atoms with van der Waals surface area (Å²) >= 11 is 0. The molecule has 0 aliphatic rings. The van der Waals surface area contributed by atoms with E-state index in [0.29, 0.717) is 23.3 Å². The zero-order valence-corrected chi connectivity index (χ0v) is 25.8. The highest BCUT2D eigenvalue weighted by molar-refractivity contribution is 5.76. The summed E-state index contributed by atoms with van der Waals surface area (Å²) in [5.41, 5.74) is 9.58. The van der Waals surface area contributed by atoms with Crippen molar-refractivity contribution in [1.82, 2.24) is 29.9 Å². The van der Waals surface area contributed by atoms with Gasteiger partial charge in [0.1, 0.15) is 0 Å². The molecule has 0 spiro atoms. The standard InChI is InChI=1S/C42H28N6/c1-4-12-30(13-5-1)37-27-38(45-39(44-37)32-14-6-2-7-15-32)31-23-21-29(22-24-31)34-18-10-19-35(26-34)41-46-40(33-16-8-3-9-17-33)47-42(48-41)36-20-11-25-43-28-36/h1-28H. The van der Waals surface area contributed by atoms with Crippen molar-refractivity contribution in [1.29, 1.82) is 0 Å². The first-order valence-corrected chi connectivity index (χ1v) is 15.7. The fourth-order valence-electron chi connectivity index (χ4n) is 5.59. The Morgan fingerprint density at radius 1 is 0.271 bits per heavy atom. The average Bonchev–Trinajstić information content (AvgIpc) is 3.19. The molecule has 6 heteroatoms. The van der Waals surface area contributed by atoms with Crippen molar-refractivity contribution >= 4 is 0 Å². The monoisotopic (exact) mass is 616 g/mol. The molecular formula is C42H28N6. The first kappa shape index (κ1) is 28.8. The summed E-state index contributed by atoms with van der Waals surface area (Å²) in [6, 6.07) is 53.0. The van der Waals surface area contributed by atoms with E-state index in [1.807, 2.05) is 103 Å². The van der Waals surface area contributed by atoms with Crippen LogP contribution in [-0.4, -0.2) is 29.9 Å². The summed E-state index contributed by atoms with van der Waals surface area (Å²) in [6.07, 6.45) is 3.52. The molecule has 3 heterocycles. The van der Waals surface area contributed by atoms with Crippen LogP contribution in [-0.2, 0) is 0 Å². The summed E-state index contributed by atoms with van der Waals surface area (Å²) < 4.78 is 0. The molecule has 0 radical (unpaired) electrons. The van der Waals surface area contributed by atoms with E-state index in [1.54, 1.807) is 12.4 Å². The maximum Gasteiger partial charge on any atom is 0.165 e. The molecule has 0 N–H and O–H groups in total. The van der Waals surface area contributed by atoms with Gasteiger partial charge in [0.15, 0.2) is 23.3 Å². The molecule has 0 saturated heterocycles. The number of aromatic nitrogens is 6. The molecule has 226 valence electrons. The number of nitrogens with zero attached hydrogens (tertiary/aromatic N) is 6. The third kappa shape index (κ3) is 6.10. The van der Waals surface area contributed by atoms with Gasteiger partial charge in [-0.1, -0.05) is 133 Å². The summed E-state index contributed by atoms with van der Waals surface area (Å²) in [4.78, 5) is 28.8. The molecule has 0 aliphatic carbocycles. The van der Waals surface area contributed by atoms with Gasteiger partial charge in [-0.15, -0.1) is 0 Å². The highest BCUT2D eigenvalue weighted by atomic mass is 15.0. The molecule has 0 atom stereocenters. The van der Waals surface area contributed by atoms with E-state index in [0.717, 1.165) is 55.9 Å². The highest BCUT2D eigenvalue weighted by Crippen LogP contribution is 2.31. The molecule has 0 bridgehead atoms. The molecule has 48 heavy (non-hydrogen) atoms. The summed E-state index contributed by atoms with van der Waals surface area (Å²) in [7, 11) is 0. The second-order valence-corrected chi connectivity index (χ2v) is 11.3. The van der Waals surface area contributed by atoms with Gasteiger partial charge >= 0.3 is 0 Å². The normalized spacial score (nSPS) is 10.9. The lowest BCUT2D eigenvalue weighted by Crippen LogP contribution is -2.00. The van der Waals surface area contributed by atoms with Crippen molar-refractivity contribution < 1.29 is 0 Å². The Hall–Kier alpha value is -6.66. The predicted molar refractivity (Wildman–Crippen MR) is 191 cm³/mol. The maximum atomic E-state index is 4.98. The zero-order chi connectivity index (χ0) is 32.1. The molecule has 0 amide bonds. The quantitative estimate of drug-likeness (QED) is 0.177. The van der Waals surface area contributed by atoms with Crippen LogP contribution in [0.15, 0.2) is 170 Å². The van der Waals surface area contributed by atoms with Crippen LogP contribution in [0.4, 0.5) is 0 Å². The number of pyridine rings is 1. The van der Waals surface area contributed by atoms with Crippen LogP contribution < -0.4 is 0 Å². The molecule has 0 unspecified atom stereocenters. The Bertz CT molecular complexity index is 2190. The molecule has 3 aromatic heterocycles. The molecule has 8 rings (SSSR count). The van der Waals surface area contributed by atoms with Crippen molar-refractivity contribution in [2.45, 2.75) is 0 Å². The van der Waals surface area contributed by atoms with Gasteiger partial charge in [-0.3, -0.25) is 4.98 Å². The van der Waals surface area contributed by atoms with Crippen molar-refractivity contribution in [2.24, 2.45) is 0 Å². The average molecular weight is 617 g/mol. The van der Waals surface area contributed by atoms with Gasteiger partial charge in [0, 0.05) is 45.8 Å². The lowest BCUT2D eigenvalue weighted by molar-refractivity contribution is 1.07. The Morgan fingerprint density at radius 2 is 0.708 bits per heavy atom. The van der Waals surface area contributed by atoms with E-state index >= 15 is 0 Å². The van der Waals surface area contributed by atoms with Gasteiger partial charge in [-0.25, -0.2) is 24.9 Å². The Morgan fingerprint density at radius 3 is 1.29 bits per heavy atom. The number of hydrogen-bond acceptors (Lipinski definition) is 6. The summed E-state index contributed by atoms with van der Waals surface area (Å²) in [5, 5.41) is 0. The Balaban J connectivity index is 1.16. The Kier molecular flexibility index (Phi) is 7.79. The minimum Gasteiger partial charge on any atom is -0.264 e. The molecule has 0 aliphatic heterocycles. The topological polar surface area (TPSA) is 77.3 Å². The lowest BCUT2D eigenvalue weighted by atomic mass is 10.00. The molecule has 0 saturated carbocycles. The number of benzene rings is 5. The van der Waals surface area contributed by atoms with Gasteiger partial charge in [-0.2, -0.15) is 0 Å². The fourth-order valence-corrected chi connectivity index (χ4v) is 5.59. The smallest absolute Gasteiger partial charge is 0.165 e. The van der Waals surface area contributed by atoms with Crippen LogP contribution in [0.5, 0.6) is 0 Å². The zero-order valence-electron chi connectivity index (χ0n) is 25.8. The van der Waals surface area contributed by atoms with E-state index in [1.165, 1.54) is 0 Å². The van der Waals surface area contributed by atoms with Crippen molar-refractivity contribution in [3.8, 4) is 79.2 Å². The van der Waals surface area contributed by atoms with Crippen LogP contribution in [0.3, 0.4) is 0 Å². The van der Waals surface area contributed by atoms with Crippen LogP contribution in [0.2, 0.25) is 0 Å². The van der Waals surface area contributed by atoms with E-state index < -0.39 is 0 Å². The van der Waals surface area contributed by atoms with E-state index in [4.69, 9.17) is 24.9 Å². The third-order valence-electron chi connectivity index (χ3n) is 8.05. The molecule has 5 aromatic carbocycles. The van der Waals surface area contributed by atoms with Gasteiger partial charge in [-0.05, 0) is 35.4 Å². The predicted octanol–water partition coefficient (Wildman–Crippen LogP) is 9.73. The summed E-state index contributed by atoms with van der Waals surface area (Å²) in [6.45, 7) is 0. The van der Waals surface area contributed by atoms with Crippen LogP contribution in [0, 0.1) is 0 Å². The van der Waals surface area contributed by atoms with Crippen LogP contribution >= 0.6 is 0 Å². The highest BCUT2D eigenvalue weighted by Gasteiger charge is 2.14. The second kappa shape index (κ2) is 13.0. The van der Waals surface area contributed by atoms with Crippen LogP contribution in [0.25, 0.3) is 79.2 Å². The van der Waals surface area contributed by atoms with Gasteiger partial charge in [0.25, 0.3) is 0 Å². The Labute approximate surface area is 278 Å². The first-order chi connectivity index (χ1) is 23.8. The molecular weight excluding hydrogens is 589 g/mol. The first-order valence-electron chi connectivity index (χ1n) is 15.7. The van der Waals surface area contributed by atoms with Crippen molar-refractivity contribution in [2.75, 3.05) is 0 Å². The van der Waals surface area contributed by atoms with Gasteiger partial charge in [0.2, 0.25) is 0 Å². The second-order valence-electron chi connectivity index (χ2n) is 11.3. The summed E-state index contributed by atoms with van der Waals surface area (Å²) in [5.74, 6) is 2.49. The van der Waals surface area contributed by atoms with E-state index in [-0.39, 0.29) is 0 Å². The largest absolute Gasteiger partial charge is 0.264 e. The lowest BCUT2D eigenvalue weighted by Gasteiger charge is -2.11. The van der Waals surface area contributed by atoms with Gasteiger partial charge < -0.3 is 0 Å². The van der Waals surface area contributed by atoms with Crippen molar-refractivity contribution in [3.63, 3.8) is 0 Å². The van der Waals surface area contributed by atoms with Crippen LogP contribution in [0.1, 0.15) is 0 Å².